The van der Waals surface area contributed by atoms with Crippen LogP contribution in [-0.2, 0) is 0 Å². The topological polar surface area (TPSA) is 17.1 Å². The molecule has 0 unspecified atom stereocenters. The summed E-state index contributed by atoms with van der Waals surface area (Å²) in [6.07, 6.45) is 0. The van der Waals surface area contributed by atoms with Gasteiger partial charge in [0.15, 0.2) is 5.78 Å². The lowest BCUT2D eigenvalue weighted by molar-refractivity contribution is 0.103. The van der Waals surface area contributed by atoms with Gasteiger partial charge >= 0.3 is 0 Å². The van der Waals surface area contributed by atoms with E-state index in [2.05, 4.69) is 45.9 Å². The third-order valence-electron chi connectivity index (χ3n) is 4.68. The summed E-state index contributed by atoms with van der Waals surface area (Å²) in [7, 11) is 0. The Balaban J connectivity index is 2.20. The fourth-order valence-corrected chi connectivity index (χ4v) is 3.53. The Morgan fingerprint density at radius 2 is 1.20 bits per heavy atom. The van der Waals surface area contributed by atoms with Crippen molar-refractivity contribution in [3.05, 3.63) is 93.5 Å². The number of benzene rings is 3. The molecule has 0 radical (unpaired) electrons. The Morgan fingerprint density at radius 1 is 0.640 bits per heavy atom. The molecule has 0 aromatic heterocycles. The van der Waals surface area contributed by atoms with E-state index >= 15 is 0 Å². The van der Waals surface area contributed by atoms with Crippen LogP contribution < -0.4 is 0 Å². The van der Waals surface area contributed by atoms with E-state index in [1.54, 1.807) is 0 Å². The standard InChI is InChI=1S/C24H24O/c1-15-6-9-20(10-7-15)24(25)21-11-8-16(2)14-22(21)23-18(4)12-17(3)13-19(23)5/h6-14H,1-5H3. The van der Waals surface area contributed by atoms with E-state index in [4.69, 9.17) is 0 Å². The number of rotatable bonds is 3. The molecule has 0 saturated heterocycles. The van der Waals surface area contributed by atoms with E-state index in [0.717, 1.165) is 27.8 Å². The van der Waals surface area contributed by atoms with E-state index in [9.17, 15) is 4.79 Å². The van der Waals surface area contributed by atoms with Crippen molar-refractivity contribution >= 4 is 5.78 Å². The SMILES string of the molecule is Cc1ccc(C(=O)c2ccc(C)cc2-c2c(C)cc(C)cc2C)cc1. The highest BCUT2D eigenvalue weighted by Crippen LogP contribution is 2.33. The van der Waals surface area contributed by atoms with Crippen LogP contribution in [0, 0.1) is 34.6 Å². The van der Waals surface area contributed by atoms with Crippen molar-refractivity contribution in [1.82, 2.24) is 0 Å². The zero-order valence-electron chi connectivity index (χ0n) is 15.6. The molecule has 0 fully saturated rings. The minimum atomic E-state index is 0.0781. The Hall–Kier alpha value is -2.67. The van der Waals surface area contributed by atoms with Crippen molar-refractivity contribution in [3.8, 4) is 11.1 Å². The van der Waals surface area contributed by atoms with Gasteiger partial charge in [-0.1, -0.05) is 71.3 Å². The zero-order valence-corrected chi connectivity index (χ0v) is 15.6. The summed E-state index contributed by atoms with van der Waals surface area (Å²) < 4.78 is 0. The summed E-state index contributed by atoms with van der Waals surface area (Å²) in [5.41, 5.74) is 9.69. The lowest BCUT2D eigenvalue weighted by Crippen LogP contribution is -2.05. The van der Waals surface area contributed by atoms with Crippen LogP contribution in [0.1, 0.15) is 43.7 Å². The molecule has 0 saturated carbocycles. The minimum absolute atomic E-state index is 0.0781. The fourth-order valence-electron chi connectivity index (χ4n) is 3.53. The number of hydrogen-bond acceptors (Lipinski definition) is 1. The molecule has 0 spiro atoms. The molecule has 3 aromatic rings. The van der Waals surface area contributed by atoms with Crippen LogP contribution in [0.5, 0.6) is 0 Å². The number of carbonyl (C=O) groups is 1. The highest BCUT2D eigenvalue weighted by molar-refractivity contribution is 6.13. The minimum Gasteiger partial charge on any atom is -0.289 e. The van der Waals surface area contributed by atoms with Gasteiger partial charge in [-0.15, -0.1) is 0 Å². The third-order valence-corrected chi connectivity index (χ3v) is 4.68. The van der Waals surface area contributed by atoms with Crippen LogP contribution in [0.25, 0.3) is 11.1 Å². The van der Waals surface area contributed by atoms with Crippen LogP contribution in [-0.4, -0.2) is 5.78 Å². The predicted molar refractivity (Wildman–Crippen MR) is 105 cm³/mol. The summed E-state index contributed by atoms with van der Waals surface area (Å²) in [5, 5.41) is 0. The second-order valence-corrected chi connectivity index (χ2v) is 7.02. The van der Waals surface area contributed by atoms with Crippen LogP contribution in [0.2, 0.25) is 0 Å². The van der Waals surface area contributed by atoms with E-state index in [1.807, 2.05) is 43.3 Å². The smallest absolute Gasteiger partial charge is 0.193 e. The molecule has 0 aliphatic carbocycles. The monoisotopic (exact) mass is 328 g/mol. The van der Waals surface area contributed by atoms with Crippen molar-refractivity contribution in [3.63, 3.8) is 0 Å². The Kier molecular flexibility index (Phi) is 4.59. The van der Waals surface area contributed by atoms with Crippen LogP contribution in [0.15, 0.2) is 54.6 Å². The first-order valence-electron chi connectivity index (χ1n) is 8.67. The zero-order chi connectivity index (χ0) is 18.1. The fraction of sp³-hybridized carbons (Fsp3) is 0.208. The highest BCUT2D eigenvalue weighted by atomic mass is 16.1. The van der Waals surface area contributed by atoms with E-state index in [0.29, 0.717) is 0 Å². The van der Waals surface area contributed by atoms with Gasteiger partial charge in [0.25, 0.3) is 0 Å². The highest BCUT2D eigenvalue weighted by Gasteiger charge is 2.17. The second kappa shape index (κ2) is 6.68. The van der Waals surface area contributed by atoms with Gasteiger partial charge in [-0.05, 0) is 56.9 Å². The average molecular weight is 328 g/mol. The molecule has 3 rings (SSSR count). The molecule has 3 aromatic carbocycles. The number of aryl methyl sites for hydroxylation is 5. The largest absolute Gasteiger partial charge is 0.289 e. The number of carbonyl (C=O) groups excluding carboxylic acids is 1. The Bertz CT molecular complexity index is 923. The quantitative estimate of drug-likeness (QED) is 0.529. The first kappa shape index (κ1) is 17.2. The van der Waals surface area contributed by atoms with Gasteiger partial charge < -0.3 is 0 Å². The van der Waals surface area contributed by atoms with E-state index in [-0.39, 0.29) is 5.78 Å². The first-order chi connectivity index (χ1) is 11.9. The molecule has 25 heavy (non-hydrogen) atoms. The lowest BCUT2D eigenvalue weighted by Gasteiger charge is -2.16. The van der Waals surface area contributed by atoms with Crippen molar-refractivity contribution in [1.29, 1.82) is 0 Å². The maximum absolute atomic E-state index is 13.2. The van der Waals surface area contributed by atoms with Crippen molar-refractivity contribution in [2.45, 2.75) is 34.6 Å². The van der Waals surface area contributed by atoms with Gasteiger partial charge in [0.05, 0.1) is 0 Å². The first-order valence-corrected chi connectivity index (χ1v) is 8.67. The lowest BCUT2D eigenvalue weighted by atomic mass is 9.87. The maximum Gasteiger partial charge on any atom is 0.193 e. The maximum atomic E-state index is 13.2. The van der Waals surface area contributed by atoms with Gasteiger partial charge in [-0.2, -0.15) is 0 Å². The molecule has 0 bridgehead atoms. The van der Waals surface area contributed by atoms with Gasteiger partial charge in [0, 0.05) is 11.1 Å². The van der Waals surface area contributed by atoms with E-state index in [1.165, 1.54) is 22.3 Å². The van der Waals surface area contributed by atoms with Gasteiger partial charge in [-0.25, -0.2) is 0 Å². The summed E-state index contributed by atoms with van der Waals surface area (Å²) in [6, 6.07) is 18.3. The molecule has 0 aliphatic rings. The van der Waals surface area contributed by atoms with Crippen molar-refractivity contribution in [2.24, 2.45) is 0 Å². The molecule has 1 heteroatoms. The molecular weight excluding hydrogens is 304 g/mol. The number of hydrogen-bond donors (Lipinski definition) is 0. The molecular formula is C24H24O. The van der Waals surface area contributed by atoms with Crippen molar-refractivity contribution in [2.75, 3.05) is 0 Å². The molecule has 0 aliphatic heterocycles. The summed E-state index contributed by atoms with van der Waals surface area (Å²) in [4.78, 5) is 13.2. The summed E-state index contributed by atoms with van der Waals surface area (Å²) in [5.74, 6) is 0.0781. The molecule has 0 N–H and O–H groups in total. The van der Waals surface area contributed by atoms with Gasteiger partial charge in [0.2, 0.25) is 0 Å². The van der Waals surface area contributed by atoms with Crippen LogP contribution >= 0.6 is 0 Å². The molecule has 126 valence electrons. The van der Waals surface area contributed by atoms with Gasteiger partial charge in [-0.3, -0.25) is 4.79 Å². The Labute approximate surface area is 150 Å². The summed E-state index contributed by atoms with van der Waals surface area (Å²) >= 11 is 0. The third kappa shape index (κ3) is 3.41. The van der Waals surface area contributed by atoms with Gasteiger partial charge in [0.1, 0.15) is 0 Å². The predicted octanol–water partition coefficient (Wildman–Crippen LogP) is 6.13. The van der Waals surface area contributed by atoms with Crippen LogP contribution in [0.3, 0.4) is 0 Å². The van der Waals surface area contributed by atoms with Crippen LogP contribution in [0.4, 0.5) is 0 Å². The second-order valence-electron chi connectivity index (χ2n) is 7.02. The number of ketones is 1. The molecule has 0 amide bonds. The average Bonchev–Trinajstić information content (AvgIpc) is 2.54. The normalized spacial score (nSPS) is 10.8. The molecule has 0 atom stereocenters. The van der Waals surface area contributed by atoms with E-state index < -0.39 is 0 Å². The molecule has 0 heterocycles. The van der Waals surface area contributed by atoms with Crippen molar-refractivity contribution < 1.29 is 4.79 Å². The molecule has 1 nitrogen and oxygen atoms in total. The summed E-state index contributed by atoms with van der Waals surface area (Å²) in [6.45, 7) is 10.5. The Morgan fingerprint density at radius 3 is 1.80 bits per heavy atom.